The third kappa shape index (κ3) is 4.92. The average Bonchev–Trinajstić information content (AvgIpc) is 2.45. The van der Waals surface area contributed by atoms with Crippen LogP contribution in [0.25, 0.3) is 0 Å². The molecular weight excluding hydrogens is 256 g/mol. The van der Waals surface area contributed by atoms with E-state index in [0.717, 1.165) is 5.56 Å². The molecular formula is C15H24N2O3. The molecule has 5 nitrogen and oxygen atoms in total. The highest BCUT2D eigenvalue weighted by atomic mass is 16.5. The molecule has 112 valence electrons. The molecule has 0 fully saturated rings. The minimum Gasteiger partial charge on any atom is -0.396 e. The van der Waals surface area contributed by atoms with Gasteiger partial charge < -0.3 is 20.5 Å². The standard InChI is InChI=1S/C15H24N2O3/c1-15(7-8-18,11-20-3)17-10-12-5-4-6-13(9-12)14(19)16-2/h4-6,9,17-18H,7-8,10-11H2,1-3H3,(H,16,19). The van der Waals surface area contributed by atoms with Gasteiger partial charge in [-0.15, -0.1) is 0 Å². The Labute approximate surface area is 120 Å². The number of ether oxygens (including phenoxy) is 1. The topological polar surface area (TPSA) is 70.6 Å². The molecule has 1 amide bonds. The van der Waals surface area contributed by atoms with Gasteiger partial charge in [0.25, 0.3) is 5.91 Å². The Morgan fingerprint density at radius 1 is 1.45 bits per heavy atom. The highest BCUT2D eigenvalue weighted by Crippen LogP contribution is 2.12. The second kappa shape index (κ2) is 7.99. The van der Waals surface area contributed by atoms with Gasteiger partial charge in [-0.25, -0.2) is 0 Å². The molecule has 3 N–H and O–H groups in total. The van der Waals surface area contributed by atoms with Crippen LogP contribution < -0.4 is 10.6 Å². The molecule has 0 aliphatic heterocycles. The second-order valence-electron chi connectivity index (χ2n) is 5.10. The number of aliphatic hydroxyl groups is 1. The first-order valence-electron chi connectivity index (χ1n) is 6.70. The fourth-order valence-corrected chi connectivity index (χ4v) is 2.06. The van der Waals surface area contributed by atoms with Crippen LogP contribution in [0.2, 0.25) is 0 Å². The summed E-state index contributed by atoms with van der Waals surface area (Å²) in [7, 11) is 3.26. The van der Waals surface area contributed by atoms with Gasteiger partial charge >= 0.3 is 0 Å². The van der Waals surface area contributed by atoms with E-state index < -0.39 is 0 Å². The molecule has 0 heterocycles. The van der Waals surface area contributed by atoms with E-state index >= 15 is 0 Å². The highest BCUT2D eigenvalue weighted by Gasteiger charge is 2.22. The number of carbonyl (C=O) groups is 1. The Morgan fingerprint density at radius 3 is 2.80 bits per heavy atom. The Morgan fingerprint density at radius 2 is 2.20 bits per heavy atom. The molecule has 0 spiro atoms. The van der Waals surface area contributed by atoms with Crippen molar-refractivity contribution < 1.29 is 14.6 Å². The zero-order valence-electron chi connectivity index (χ0n) is 12.4. The first-order valence-corrected chi connectivity index (χ1v) is 6.70. The number of rotatable bonds is 8. The van der Waals surface area contributed by atoms with Crippen molar-refractivity contribution in [1.82, 2.24) is 10.6 Å². The van der Waals surface area contributed by atoms with Gasteiger partial charge in [0.1, 0.15) is 0 Å². The fraction of sp³-hybridized carbons (Fsp3) is 0.533. The number of nitrogens with one attached hydrogen (secondary N) is 2. The highest BCUT2D eigenvalue weighted by molar-refractivity contribution is 5.94. The Balaban J connectivity index is 2.70. The summed E-state index contributed by atoms with van der Waals surface area (Å²) in [4.78, 5) is 11.6. The molecule has 1 rings (SSSR count). The lowest BCUT2D eigenvalue weighted by Crippen LogP contribution is -2.46. The molecule has 0 saturated carbocycles. The van der Waals surface area contributed by atoms with Gasteiger partial charge in [-0.2, -0.15) is 0 Å². The number of methoxy groups -OCH3 is 1. The number of benzene rings is 1. The molecule has 1 aromatic rings. The van der Waals surface area contributed by atoms with Gasteiger partial charge in [0.15, 0.2) is 0 Å². The Kier molecular flexibility index (Phi) is 6.64. The van der Waals surface area contributed by atoms with Crippen molar-refractivity contribution in [1.29, 1.82) is 0 Å². The third-order valence-corrected chi connectivity index (χ3v) is 3.26. The van der Waals surface area contributed by atoms with Gasteiger partial charge in [0.05, 0.1) is 6.61 Å². The first kappa shape index (κ1) is 16.6. The second-order valence-corrected chi connectivity index (χ2v) is 5.10. The number of aliphatic hydroxyl groups excluding tert-OH is 1. The normalized spacial score (nSPS) is 13.8. The monoisotopic (exact) mass is 280 g/mol. The zero-order valence-corrected chi connectivity index (χ0v) is 12.4. The van der Waals surface area contributed by atoms with Crippen molar-refractivity contribution in [3.05, 3.63) is 35.4 Å². The molecule has 0 radical (unpaired) electrons. The van der Waals surface area contributed by atoms with E-state index in [1.54, 1.807) is 20.2 Å². The van der Waals surface area contributed by atoms with Gasteiger partial charge in [-0.3, -0.25) is 4.79 Å². The van der Waals surface area contributed by atoms with Crippen molar-refractivity contribution >= 4 is 5.91 Å². The van der Waals surface area contributed by atoms with E-state index in [1.165, 1.54) is 0 Å². The predicted molar refractivity (Wildman–Crippen MR) is 78.7 cm³/mol. The number of hydrogen-bond donors (Lipinski definition) is 3. The average molecular weight is 280 g/mol. The summed E-state index contributed by atoms with van der Waals surface area (Å²) in [5.41, 5.74) is 1.38. The van der Waals surface area contributed by atoms with Crippen molar-refractivity contribution in [2.75, 3.05) is 27.4 Å². The molecule has 1 unspecified atom stereocenters. The van der Waals surface area contributed by atoms with Crippen LogP contribution in [0.4, 0.5) is 0 Å². The quantitative estimate of drug-likeness (QED) is 0.662. The maximum absolute atomic E-state index is 11.6. The van der Waals surface area contributed by atoms with Gasteiger partial charge in [-0.05, 0) is 31.0 Å². The largest absolute Gasteiger partial charge is 0.396 e. The van der Waals surface area contributed by atoms with Crippen LogP contribution in [0.3, 0.4) is 0 Å². The lowest BCUT2D eigenvalue weighted by atomic mass is 9.98. The molecule has 20 heavy (non-hydrogen) atoms. The summed E-state index contributed by atoms with van der Waals surface area (Å²) in [5.74, 6) is -0.0955. The van der Waals surface area contributed by atoms with Crippen LogP contribution in [0, 0.1) is 0 Å². The van der Waals surface area contributed by atoms with Crippen molar-refractivity contribution in [3.63, 3.8) is 0 Å². The van der Waals surface area contributed by atoms with Gasteiger partial charge in [0, 0.05) is 38.4 Å². The Hall–Kier alpha value is -1.43. The molecule has 0 aliphatic carbocycles. The lowest BCUT2D eigenvalue weighted by molar-refractivity contribution is 0.0962. The summed E-state index contributed by atoms with van der Waals surface area (Å²) in [5, 5.41) is 15.1. The first-order chi connectivity index (χ1) is 9.54. The molecule has 0 bridgehead atoms. The van der Waals surface area contributed by atoms with E-state index in [1.807, 2.05) is 25.1 Å². The zero-order chi connectivity index (χ0) is 15.0. The number of amides is 1. The van der Waals surface area contributed by atoms with Crippen LogP contribution in [-0.2, 0) is 11.3 Å². The minimum atomic E-state index is -0.285. The predicted octanol–water partition coefficient (Wildman–Crippen LogP) is 0.923. The summed E-state index contributed by atoms with van der Waals surface area (Å²) in [6, 6.07) is 7.47. The molecule has 1 atom stereocenters. The number of hydrogen-bond acceptors (Lipinski definition) is 4. The summed E-state index contributed by atoms with van der Waals surface area (Å²) >= 11 is 0. The van der Waals surface area contributed by atoms with Crippen molar-refractivity contribution in [2.24, 2.45) is 0 Å². The molecule has 5 heteroatoms. The third-order valence-electron chi connectivity index (χ3n) is 3.26. The van der Waals surface area contributed by atoms with Gasteiger partial charge in [0.2, 0.25) is 0 Å². The smallest absolute Gasteiger partial charge is 0.251 e. The molecule has 0 aromatic heterocycles. The maximum Gasteiger partial charge on any atom is 0.251 e. The van der Waals surface area contributed by atoms with Crippen LogP contribution >= 0.6 is 0 Å². The van der Waals surface area contributed by atoms with E-state index in [4.69, 9.17) is 9.84 Å². The van der Waals surface area contributed by atoms with E-state index in [-0.39, 0.29) is 18.1 Å². The maximum atomic E-state index is 11.6. The molecule has 0 aliphatic rings. The van der Waals surface area contributed by atoms with Gasteiger partial charge in [-0.1, -0.05) is 12.1 Å². The SMILES string of the molecule is CNC(=O)c1cccc(CNC(C)(CCO)COC)c1. The molecule has 0 saturated heterocycles. The van der Waals surface area contributed by atoms with E-state index in [2.05, 4.69) is 10.6 Å². The van der Waals surface area contributed by atoms with Crippen LogP contribution in [0.15, 0.2) is 24.3 Å². The summed E-state index contributed by atoms with van der Waals surface area (Å²) < 4.78 is 5.19. The number of carbonyl (C=O) groups excluding carboxylic acids is 1. The minimum absolute atomic E-state index is 0.0955. The van der Waals surface area contributed by atoms with Crippen LogP contribution in [0.5, 0.6) is 0 Å². The van der Waals surface area contributed by atoms with Crippen molar-refractivity contribution in [2.45, 2.75) is 25.4 Å². The van der Waals surface area contributed by atoms with Crippen molar-refractivity contribution in [3.8, 4) is 0 Å². The van der Waals surface area contributed by atoms with Crippen LogP contribution in [0.1, 0.15) is 29.3 Å². The Bertz CT molecular complexity index is 429. The lowest BCUT2D eigenvalue weighted by Gasteiger charge is -2.29. The van der Waals surface area contributed by atoms with E-state index in [9.17, 15) is 4.79 Å². The summed E-state index contributed by atoms with van der Waals surface area (Å²) in [6.07, 6.45) is 0.607. The fourth-order valence-electron chi connectivity index (χ4n) is 2.06. The van der Waals surface area contributed by atoms with Crippen LogP contribution in [-0.4, -0.2) is 43.9 Å². The summed E-state index contributed by atoms with van der Waals surface area (Å²) in [6.45, 7) is 3.24. The van der Waals surface area contributed by atoms with E-state index in [0.29, 0.717) is 25.1 Å². The molecule has 1 aromatic carbocycles.